The lowest BCUT2D eigenvalue weighted by atomic mass is 10.2. The molecule has 0 aliphatic heterocycles. The molecule has 0 saturated carbocycles. The molecule has 0 saturated heterocycles. The summed E-state index contributed by atoms with van der Waals surface area (Å²) < 4.78 is 5.45. The van der Waals surface area contributed by atoms with Gasteiger partial charge in [0.1, 0.15) is 12.4 Å². The van der Waals surface area contributed by atoms with E-state index < -0.39 is 5.97 Å². The summed E-state index contributed by atoms with van der Waals surface area (Å²) in [5.74, 6) is -0.686. The number of benzene rings is 1. The van der Waals surface area contributed by atoms with E-state index in [4.69, 9.17) is 33.0 Å². The van der Waals surface area contributed by atoms with Gasteiger partial charge in [0, 0.05) is 15.6 Å². The van der Waals surface area contributed by atoms with E-state index in [1.807, 2.05) is 0 Å². The van der Waals surface area contributed by atoms with Crippen LogP contribution in [0.2, 0.25) is 10.0 Å². The van der Waals surface area contributed by atoms with Crippen LogP contribution < -0.4 is 4.74 Å². The lowest BCUT2D eigenvalue weighted by molar-refractivity contribution is 0.0697. The molecule has 1 aromatic carbocycles. The van der Waals surface area contributed by atoms with Gasteiger partial charge in [-0.25, -0.2) is 4.79 Å². The summed E-state index contributed by atoms with van der Waals surface area (Å²) in [6.07, 6.45) is 0. The van der Waals surface area contributed by atoms with Crippen LogP contribution >= 0.6 is 34.5 Å². The van der Waals surface area contributed by atoms with Crippen molar-refractivity contribution < 1.29 is 14.6 Å². The Morgan fingerprint density at radius 1 is 1.28 bits per heavy atom. The minimum atomic E-state index is -1.01. The van der Waals surface area contributed by atoms with Crippen LogP contribution in [-0.4, -0.2) is 11.1 Å². The summed E-state index contributed by atoms with van der Waals surface area (Å²) >= 11 is 13.1. The van der Waals surface area contributed by atoms with E-state index in [1.54, 1.807) is 29.6 Å². The predicted molar refractivity (Wildman–Crippen MR) is 72.1 cm³/mol. The Hall–Kier alpha value is -1.23. The standard InChI is InChI=1S/C12H8Cl2O3S/c13-8-2-1-3-9(14)7(8)6-17-10-4-5-18-11(10)12(15)16/h1-5H,6H2,(H,15,16). The van der Waals surface area contributed by atoms with Crippen molar-refractivity contribution in [2.45, 2.75) is 6.61 Å². The lowest BCUT2D eigenvalue weighted by Crippen LogP contribution is -2.01. The van der Waals surface area contributed by atoms with Crippen LogP contribution in [0.5, 0.6) is 5.75 Å². The third-order valence-corrected chi connectivity index (χ3v) is 3.85. The molecule has 3 nitrogen and oxygen atoms in total. The number of carbonyl (C=O) groups is 1. The van der Waals surface area contributed by atoms with Crippen molar-refractivity contribution in [1.29, 1.82) is 0 Å². The van der Waals surface area contributed by atoms with Gasteiger partial charge < -0.3 is 9.84 Å². The number of rotatable bonds is 4. The van der Waals surface area contributed by atoms with E-state index in [2.05, 4.69) is 0 Å². The first kappa shape index (κ1) is 13.2. The first-order valence-corrected chi connectivity index (χ1v) is 6.59. The second-order valence-electron chi connectivity index (χ2n) is 3.41. The second kappa shape index (κ2) is 5.61. The Labute approximate surface area is 118 Å². The molecule has 2 aromatic rings. The van der Waals surface area contributed by atoms with Crippen LogP contribution in [0.25, 0.3) is 0 Å². The zero-order chi connectivity index (χ0) is 13.1. The van der Waals surface area contributed by atoms with Crippen molar-refractivity contribution in [3.63, 3.8) is 0 Å². The number of thiophene rings is 1. The van der Waals surface area contributed by atoms with Crippen LogP contribution in [-0.2, 0) is 6.61 Å². The van der Waals surface area contributed by atoms with Crippen molar-refractivity contribution in [3.05, 3.63) is 50.1 Å². The van der Waals surface area contributed by atoms with Gasteiger partial charge in [-0.15, -0.1) is 11.3 Å². The highest BCUT2D eigenvalue weighted by Crippen LogP contribution is 2.29. The first-order chi connectivity index (χ1) is 8.59. The van der Waals surface area contributed by atoms with Gasteiger partial charge in [0.25, 0.3) is 0 Å². The summed E-state index contributed by atoms with van der Waals surface area (Å²) in [6.45, 7) is 0.134. The smallest absolute Gasteiger partial charge is 0.349 e. The summed E-state index contributed by atoms with van der Waals surface area (Å²) in [5, 5.41) is 11.6. The van der Waals surface area contributed by atoms with Crippen molar-refractivity contribution in [1.82, 2.24) is 0 Å². The molecule has 0 atom stereocenters. The predicted octanol–water partition coefficient (Wildman–Crippen LogP) is 4.33. The van der Waals surface area contributed by atoms with E-state index >= 15 is 0 Å². The maximum absolute atomic E-state index is 10.9. The molecule has 1 N–H and O–H groups in total. The zero-order valence-corrected chi connectivity index (χ0v) is 11.4. The molecule has 0 fully saturated rings. The highest BCUT2D eigenvalue weighted by Gasteiger charge is 2.14. The van der Waals surface area contributed by atoms with Crippen LogP contribution in [0.15, 0.2) is 29.6 Å². The molecule has 6 heteroatoms. The van der Waals surface area contributed by atoms with Crippen molar-refractivity contribution in [2.75, 3.05) is 0 Å². The molecule has 94 valence electrons. The fraction of sp³-hybridized carbons (Fsp3) is 0.0833. The molecular formula is C12H8Cl2O3S. The summed E-state index contributed by atoms with van der Waals surface area (Å²) in [6, 6.07) is 6.76. The maximum Gasteiger partial charge on any atom is 0.349 e. The third kappa shape index (κ3) is 2.77. The highest BCUT2D eigenvalue weighted by atomic mass is 35.5. The number of carboxylic acid groups (broad SMARTS) is 1. The lowest BCUT2D eigenvalue weighted by Gasteiger charge is -2.08. The first-order valence-electron chi connectivity index (χ1n) is 4.96. The zero-order valence-electron chi connectivity index (χ0n) is 9.02. The Balaban J connectivity index is 2.17. The third-order valence-electron chi connectivity index (χ3n) is 2.26. The van der Waals surface area contributed by atoms with Gasteiger partial charge in [-0.05, 0) is 23.6 Å². The molecule has 1 heterocycles. The number of halogens is 2. The molecule has 0 spiro atoms. The van der Waals surface area contributed by atoms with Gasteiger partial charge in [-0.2, -0.15) is 0 Å². The second-order valence-corrected chi connectivity index (χ2v) is 5.14. The summed E-state index contributed by atoms with van der Waals surface area (Å²) in [4.78, 5) is 11.1. The van der Waals surface area contributed by atoms with Crippen molar-refractivity contribution in [2.24, 2.45) is 0 Å². The van der Waals surface area contributed by atoms with E-state index in [0.717, 1.165) is 11.3 Å². The van der Waals surface area contributed by atoms with Crippen molar-refractivity contribution in [3.8, 4) is 5.75 Å². The van der Waals surface area contributed by atoms with Crippen LogP contribution in [0.1, 0.15) is 15.2 Å². The Morgan fingerprint density at radius 2 is 1.94 bits per heavy atom. The van der Waals surface area contributed by atoms with Gasteiger partial charge >= 0.3 is 5.97 Å². The number of hydrogen-bond acceptors (Lipinski definition) is 3. The summed E-state index contributed by atoms with van der Waals surface area (Å²) in [7, 11) is 0. The SMILES string of the molecule is O=C(O)c1sccc1OCc1c(Cl)cccc1Cl. The van der Waals surface area contributed by atoms with Gasteiger partial charge in [0.15, 0.2) is 4.88 Å². The molecule has 18 heavy (non-hydrogen) atoms. The van der Waals surface area contributed by atoms with E-state index in [1.165, 1.54) is 0 Å². The van der Waals surface area contributed by atoms with E-state index in [9.17, 15) is 4.79 Å². The van der Waals surface area contributed by atoms with E-state index in [0.29, 0.717) is 21.4 Å². The van der Waals surface area contributed by atoms with Gasteiger partial charge in [-0.3, -0.25) is 0 Å². The molecule has 0 aliphatic rings. The number of ether oxygens (including phenoxy) is 1. The number of aromatic carboxylic acids is 1. The molecule has 0 unspecified atom stereocenters. The molecule has 2 rings (SSSR count). The monoisotopic (exact) mass is 302 g/mol. The van der Waals surface area contributed by atoms with Gasteiger partial charge in [0.05, 0.1) is 0 Å². The van der Waals surface area contributed by atoms with Crippen LogP contribution in [0.4, 0.5) is 0 Å². The molecule has 0 bridgehead atoms. The fourth-order valence-electron chi connectivity index (χ4n) is 1.39. The largest absolute Gasteiger partial charge is 0.487 e. The average molecular weight is 303 g/mol. The Bertz CT molecular complexity index is 560. The molecular weight excluding hydrogens is 295 g/mol. The number of carboxylic acids is 1. The fourth-order valence-corrected chi connectivity index (χ4v) is 2.57. The molecule has 0 amide bonds. The van der Waals surface area contributed by atoms with Gasteiger partial charge in [-0.1, -0.05) is 29.3 Å². The molecule has 0 aliphatic carbocycles. The molecule has 1 aromatic heterocycles. The maximum atomic E-state index is 10.9. The number of hydrogen-bond donors (Lipinski definition) is 1. The molecule has 0 radical (unpaired) electrons. The van der Waals surface area contributed by atoms with Crippen LogP contribution in [0, 0.1) is 0 Å². The Kier molecular flexibility index (Phi) is 4.11. The topological polar surface area (TPSA) is 46.5 Å². The van der Waals surface area contributed by atoms with Crippen molar-refractivity contribution >= 4 is 40.5 Å². The average Bonchev–Trinajstić information content (AvgIpc) is 2.76. The minimum Gasteiger partial charge on any atom is -0.487 e. The van der Waals surface area contributed by atoms with Gasteiger partial charge in [0.2, 0.25) is 0 Å². The highest BCUT2D eigenvalue weighted by molar-refractivity contribution is 7.12. The van der Waals surface area contributed by atoms with E-state index in [-0.39, 0.29) is 11.5 Å². The normalized spacial score (nSPS) is 10.3. The minimum absolute atomic E-state index is 0.134. The summed E-state index contributed by atoms with van der Waals surface area (Å²) in [5.41, 5.74) is 0.642. The quantitative estimate of drug-likeness (QED) is 0.914. The Morgan fingerprint density at radius 3 is 2.56 bits per heavy atom. The van der Waals surface area contributed by atoms with Crippen LogP contribution in [0.3, 0.4) is 0 Å².